The van der Waals surface area contributed by atoms with Crippen molar-refractivity contribution in [2.45, 2.75) is 0 Å². The van der Waals surface area contributed by atoms with Crippen molar-refractivity contribution in [3.05, 3.63) is 65.7 Å². The van der Waals surface area contributed by atoms with Gasteiger partial charge >= 0.3 is 0 Å². The largest absolute Gasteiger partial charge is 0.493 e. The van der Waals surface area contributed by atoms with Gasteiger partial charge in [0.15, 0.2) is 17.3 Å². The lowest BCUT2D eigenvalue weighted by Gasteiger charge is -2.20. The van der Waals surface area contributed by atoms with Gasteiger partial charge in [-0.25, -0.2) is 0 Å². The minimum Gasteiger partial charge on any atom is -0.493 e. The first kappa shape index (κ1) is 14.5. The Bertz CT molecular complexity index is 985. The zero-order valence-electron chi connectivity index (χ0n) is 13.5. The average Bonchev–Trinajstić information content (AvgIpc) is 2.64. The quantitative estimate of drug-likeness (QED) is 0.700. The lowest BCUT2D eigenvalue weighted by Crippen LogP contribution is -2.04. The van der Waals surface area contributed by atoms with E-state index >= 15 is 0 Å². The molecule has 0 atom stereocenters. The molecular formula is C21H16O3. The van der Waals surface area contributed by atoms with Crippen LogP contribution < -0.4 is 9.47 Å². The number of hydrogen-bond acceptors (Lipinski definition) is 3. The van der Waals surface area contributed by atoms with Crippen LogP contribution in [0.15, 0.2) is 54.6 Å². The molecule has 0 unspecified atom stereocenters. The number of hydrogen-bond donors (Lipinski definition) is 0. The number of benzene rings is 3. The van der Waals surface area contributed by atoms with E-state index in [4.69, 9.17) is 9.47 Å². The number of ether oxygens (including phenoxy) is 2. The molecule has 4 rings (SSSR count). The number of carbonyl (C=O) groups is 1. The summed E-state index contributed by atoms with van der Waals surface area (Å²) in [5.74, 6) is 1.33. The molecule has 0 N–H and O–H groups in total. The van der Waals surface area contributed by atoms with Crippen LogP contribution in [-0.2, 0) is 0 Å². The van der Waals surface area contributed by atoms with E-state index in [9.17, 15) is 4.79 Å². The van der Waals surface area contributed by atoms with E-state index in [0.717, 1.165) is 27.5 Å². The Morgan fingerprint density at radius 3 is 2.25 bits per heavy atom. The fraction of sp³-hybridized carbons (Fsp3) is 0.0952. The fourth-order valence-corrected chi connectivity index (χ4v) is 3.35. The summed E-state index contributed by atoms with van der Waals surface area (Å²) in [6.45, 7) is 0. The van der Waals surface area contributed by atoms with Crippen LogP contribution in [0, 0.1) is 0 Å². The van der Waals surface area contributed by atoms with Crippen molar-refractivity contribution in [3.63, 3.8) is 0 Å². The van der Waals surface area contributed by atoms with Crippen molar-refractivity contribution in [2.24, 2.45) is 0 Å². The molecular weight excluding hydrogens is 300 g/mol. The second kappa shape index (κ2) is 5.53. The number of methoxy groups -OCH3 is 2. The molecule has 1 aliphatic rings. The highest BCUT2D eigenvalue weighted by Crippen LogP contribution is 2.45. The monoisotopic (exact) mass is 316 g/mol. The van der Waals surface area contributed by atoms with Gasteiger partial charge in [-0.2, -0.15) is 0 Å². The number of rotatable bonds is 3. The Labute approximate surface area is 140 Å². The summed E-state index contributed by atoms with van der Waals surface area (Å²) in [4.78, 5) is 12.3. The molecule has 3 aromatic rings. The van der Waals surface area contributed by atoms with E-state index in [1.54, 1.807) is 20.3 Å². The molecule has 0 saturated heterocycles. The summed E-state index contributed by atoms with van der Waals surface area (Å²) in [5.41, 5.74) is 3.76. The van der Waals surface area contributed by atoms with Crippen molar-refractivity contribution in [1.82, 2.24) is 0 Å². The SMILES string of the molecule is COc1cc2c3c(ccc(-c4ccccc4)c3c1OC)C(=O)C=C2. The van der Waals surface area contributed by atoms with Gasteiger partial charge in [-0.15, -0.1) is 0 Å². The minimum absolute atomic E-state index is 0.0133. The lowest BCUT2D eigenvalue weighted by molar-refractivity contribution is 0.104. The second-order valence-corrected chi connectivity index (χ2v) is 5.68. The molecule has 3 aromatic carbocycles. The van der Waals surface area contributed by atoms with Crippen LogP contribution in [0.5, 0.6) is 11.5 Å². The van der Waals surface area contributed by atoms with Gasteiger partial charge in [-0.1, -0.05) is 42.5 Å². The molecule has 0 aromatic heterocycles. The predicted octanol–water partition coefficient (Wildman–Crippen LogP) is 4.73. The Kier molecular flexibility index (Phi) is 3.35. The normalized spacial score (nSPS) is 12.5. The molecule has 3 nitrogen and oxygen atoms in total. The molecule has 0 fully saturated rings. The zero-order valence-corrected chi connectivity index (χ0v) is 13.5. The third-order valence-electron chi connectivity index (χ3n) is 4.42. The summed E-state index contributed by atoms with van der Waals surface area (Å²) in [6, 6.07) is 15.9. The molecule has 0 bridgehead atoms. The maximum absolute atomic E-state index is 12.3. The summed E-state index contributed by atoms with van der Waals surface area (Å²) >= 11 is 0. The van der Waals surface area contributed by atoms with Crippen molar-refractivity contribution in [1.29, 1.82) is 0 Å². The first-order valence-corrected chi connectivity index (χ1v) is 7.74. The molecule has 3 heteroatoms. The fourth-order valence-electron chi connectivity index (χ4n) is 3.35. The lowest BCUT2D eigenvalue weighted by atomic mass is 9.87. The Morgan fingerprint density at radius 1 is 0.792 bits per heavy atom. The van der Waals surface area contributed by atoms with Gasteiger partial charge in [-0.05, 0) is 34.9 Å². The van der Waals surface area contributed by atoms with Crippen LogP contribution in [0.4, 0.5) is 0 Å². The molecule has 0 amide bonds. The van der Waals surface area contributed by atoms with Crippen LogP contribution in [0.1, 0.15) is 15.9 Å². The van der Waals surface area contributed by atoms with Gasteiger partial charge < -0.3 is 9.47 Å². The van der Waals surface area contributed by atoms with E-state index in [1.165, 1.54) is 0 Å². The standard InChI is InChI=1S/C21H16O3/c1-23-18-12-14-8-11-17(22)16-10-9-15(13-6-4-3-5-7-13)20(19(14)16)21(18)24-2/h3-12H,1-2H3. The van der Waals surface area contributed by atoms with Gasteiger partial charge in [0.1, 0.15) is 0 Å². The van der Waals surface area contributed by atoms with E-state index in [-0.39, 0.29) is 5.78 Å². The minimum atomic E-state index is 0.0133. The summed E-state index contributed by atoms with van der Waals surface area (Å²) in [5, 5.41) is 1.83. The number of carbonyl (C=O) groups excluding carboxylic acids is 1. The third-order valence-corrected chi connectivity index (χ3v) is 4.42. The molecule has 118 valence electrons. The number of allylic oxidation sites excluding steroid dienone is 1. The first-order valence-electron chi connectivity index (χ1n) is 7.74. The summed E-state index contributed by atoms with van der Waals surface area (Å²) in [7, 11) is 3.25. The average molecular weight is 316 g/mol. The first-order chi connectivity index (χ1) is 11.7. The molecule has 0 aliphatic heterocycles. The number of ketones is 1. The summed E-state index contributed by atoms with van der Waals surface area (Å²) in [6.07, 6.45) is 3.44. The summed E-state index contributed by atoms with van der Waals surface area (Å²) < 4.78 is 11.2. The highest BCUT2D eigenvalue weighted by Gasteiger charge is 2.23. The van der Waals surface area contributed by atoms with Gasteiger partial charge in [0.25, 0.3) is 0 Å². The van der Waals surface area contributed by atoms with Crippen LogP contribution in [0.3, 0.4) is 0 Å². The second-order valence-electron chi connectivity index (χ2n) is 5.68. The van der Waals surface area contributed by atoms with Gasteiger partial charge in [0.2, 0.25) is 0 Å². The van der Waals surface area contributed by atoms with Crippen molar-refractivity contribution in [2.75, 3.05) is 14.2 Å². The van der Waals surface area contributed by atoms with Crippen LogP contribution >= 0.6 is 0 Å². The highest BCUT2D eigenvalue weighted by molar-refractivity contribution is 6.23. The molecule has 0 radical (unpaired) electrons. The Hall–Kier alpha value is -3.07. The molecule has 0 spiro atoms. The van der Waals surface area contributed by atoms with Gasteiger partial charge in [-0.3, -0.25) is 4.79 Å². The van der Waals surface area contributed by atoms with Crippen molar-refractivity contribution >= 4 is 22.6 Å². The van der Waals surface area contributed by atoms with Gasteiger partial charge in [0, 0.05) is 16.3 Å². The molecule has 0 heterocycles. The third kappa shape index (κ3) is 2.02. The van der Waals surface area contributed by atoms with Gasteiger partial charge in [0.05, 0.1) is 14.2 Å². The highest BCUT2D eigenvalue weighted by atomic mass is 16.5. The van der Waals surface area contributed by atoms with Crippen LogP contribution in [-0.4, -0.2) is 20.0 Å². The van der Waals surface area contributed by atoms with E-state index in [0.29, 0.717) is 17.1 Å². The zero-order chi connectivity index (χ0) is 16.7. The smallest absolute Gasteiger partial charge is 0.186 e. The molecule has 0 saturated carbocycles. The maximum Gasteiger partial charge on any atom is 0.186 e. The van der Waals surface area contributed by atoms with Crippen molar-refractivity contribution < 1.29 is 14.3 Å². The van der Waals surface area contributed by atoms with Crippen LogP contribution in [0.25, 0.3) is 28.0 Å². The van der Waals surface area contributed by atoms with E-state index < -0.39 is 0 Å². The predicted molar refractivity (Wildman–Crippen MR) is 95.9 cm³/mol. The molecule has 24 heavy (non-hydrogen) atoms. The topological polar surface area (TPSA) is 35.5 Å². The Balaban J connectivity index is 2.21. The van der Waals surface area contributed by atoms with E-state index in [1.807, 2.05) is 42.5 Å². The van der Waals surface area contributed by atoms with Crippen molar-refractivity contribution in [3.8, 4) is 22.6 Å². The van der Waals surface area contributed by atoms with Crippen LogP contribution in [0.2, 0.25) is 0 Å². The Morgan fingerprint density at radius 2 is 1.54 bits per heavy atom. The maximum atomic E-state index is 12.3. The molecule has 1 aliphatic carbocycles. The van der Waals surface area contributed by atoms with E-state index in [2.05, 4.69) is 12.1 Å².